The molecule has 1 heterocycles. The number of aromatic nitrogens is 2. The van der Waals surface area contributed by atoms with Crippen LogP contribution in [0.5, 0.6) is 0 Å². The van der Waals surface area contributed by atoms with Crippen molar-refractivity contribution in [3.63, 3.8) is 0 Å². The highest BCUT2D eigenvalue weighted by molar-refractivity contribution is 7.90. The van der Waals surface area contributed by atoms with Gasteiger partial charge in [0.2, 0.25) is 0 Å². The van der Waals surface area contributed by atoms with E-state index in [1.165, 1.54) is 6.26 Å². The van der Waals surface area contributed by atoms with E-state index < -0.39 is 9.84 Å². The maximum atomic E-state index is 11.6. The van der Waals surface area contributed by atoms with Crippen molar-refractivity contribution in [3.8, 4) is 0 Å². The molecule has 0 atom stereocenters. The van der Waals surface area contributed by atoms with Crippen molar-refractivity contribution in [3.05, 3.63) is 41.7 Å². The smallest absolute Gasteiger partial charge is 0.175 e. The summed E-state index contributed by atoms with van der Waals surface area (Å²) in [5.41, 5.74) is 2.47. The summed E-state index contributed by atoms with van der Waals surface area (Å²) < 4.78 is 23.2. The van der Waals surface area contributed by atoms with Gasteiger partial charge in [0.05, 0.1) is 17.1 Å². The Bertz CT molecular complexity index is 633. The van der Waals surface area contributed by atoms with Gasteiger partial charge < -0.3 is 5.32 Å². The van der Waals surface area contributed by atoms with Gasteiger partial charge in [-0.05, 0) is 30.7 Å². The molecule has 0 amide bonds. The van der Waals surface area contributed by atoms with Gasteiger partial charge >= 0.3 is 0 Å². The van der Waals surface area contributed by atoms with Crippen LogP contribution in [-0.4, -0.2) is 24.9 Å². The summed E-state index contributed by atoms with van der Waals surface area (Å²) in [7, 11) is -3.19. The van der Waals surface area contributed by atoms with Crippen LogP contribution in [-0.2, 0) is 16.4 Å². The van der Waals surface area contributed by atoms with Crippen LogP contribution in [0.25, 0.3) is 0 Å². The number of nitrogens with one attached hydrogen (secondary N) is 2. The highest BCUT2D eigenvalue weighted by Gasteiger charge is 2.11. The van der Waals surface area contributed by atoms with Crippen molar-refractivity contribution in [2.75, 3.05) is 11.6 Å². The standard InChI is InChI=1S/C12H15N3O2S/c1-9-3-4-10(7-12(9)18(2,16)17)13-8-11-5-6-14-15-11/h3-7,13H,8H2,1-2H3,(H,14,15). The molecule has 0 aliphatic carbocycles. The number of H-pyrrole nitrogens is 1. The fourth-order valence-electron chi connectivity index (χ4n) is 1.69. The molecule has 0 aliphatic rings. The van der Waals surface area contributed by atoms with Gasteiger partial charge in [0.15, 0.2) is 9.84 Å². The molecular weight excluding hydrogens is 250 g/mol. The molecule has 96 valence electrons. The number of anilines is 1. The van der Waals surface area contributed by atoms with Gasteiger partial charge in [-0.25, -0.2) is 8.42 Å². The minimum Gasteiger partial charge on any atom is -0.379 e. The first kappa shape index (κ1) is 12.6. The van der Waals surface area contributed by atoms with Crippen LogP contribution in [0.3, 0.4) is 0 Å². The Kier molecular flexibility index (Phi) is 3.38. The quantitative estimate of drug-likeness (QED) is 0.883. The summed E-state index contributed by atoms with van der Waals surface area (Å²) in [6.45, 7) is 2.36. The largest absolute Gasteiger partial charge is 0.379 e. The normalized spacial score (nSPS) is 11.4. The number of benzene rings is 1. The number of nitrogens with zero attached hydrogens (tertiary/aromatic N) is 1. The fourth-order valence-corrected chi connectivity index (χ4v) is 2.68. The predicted molar refractivity (Wildman–Crippen MR) is 70.2 cm³/mol. The Morgan fingerprint density at radius 1 is 1.33 bits per heavy atom. The van der Waals surface area contributed by atoms with Crippen molar-refractivity contribution < 1.29 is 8.42 Å². The summed E-state index contributed by atoms with van der Waals surface area (Å²) in [4.78, 5) is 0.358. The minimum absolute atomic E-state index is 0.358. The van der Waals surface area contributed by atoms with E-state index in [2.05, 4.69) is 15.5 Å². The van der Waals surface area contributed by atoms with Gasteiger partial charge in [-0.3, -0.25) is 5.10 Å². The van der Waals surface area contributed by atoms with Crippen molar-refractivity contribution in [2.24, 2.45) is 0 Å². The summed E-state index contributed by atoms with van der Waals surface area (Å²) in [5, 5.41) is 9.83. The number of aryl methyl sites for hydroxylation is 1. The van der Waals surface area contributed by atoms with E-state index in [-0.39, 0.29) is 0 Å². The molecule has 0 spiro atoms. The zero-order valence-electron chi connectivity index (χ0n) is 10.3. The third kappa shape index (κ3) is 2.89. The lowest BCUT2D eigenvalue weighted by molar-refractivity contribution is 0.601. The second kappa shape index (κ2) is 4.81. The molecule has 1 aromatic heterocycles. The monoisotopic (exact) mass is 265 g/mol. The van der Waals surface area contributed by atoms with Crippen LogP contribution in [0.4, 0.5) is 5.69 Å². The topological polar surface area (TPSA) is 74.8 Å². The molecular formula is C12H15N3O2S. The molecule has 0 unspecified atom stereocenters. The van der Waals surface area contributed by atoms with Crippen LogP contribution in [0, 0.1) is 6.92 Å². The Labute approximate surface area is 106 Å². The summed E-state index contributed by atoms with van der Waals surface area (Å²) >= 11 is 0. The van der Waals surface area contributed by atoms with E-state index in [0.29, 0.717) is 11.4 Å². The van der Waals surface area contributed by atoms with Crippen LogP contribution < -0.4 is 5.32 Å². The lowest BCUT2D eigenvalue weighted by atomic mass is 10.2. The lowest BCUT2D eigenvalue weighted by Crippen LogP contribution is -2.04. The van der Waals surface area contributed by atoms with Crippen LogP contribution in [0.2, 0.25) is 0 Å². The molecule has 18 heavy (non-hydrogen) atoms. The third-order valence-electron chi connectivity index (χ3n) is 2.63. The first-order valence-electron chi connectivity index (χ1n) is 5.49. The summed E-state index contributed by atoms with van der Waals surface area (Å²) in [6.07, 6.45) is 2.89. The molecule has 6 heteroatoms. The number of aromatic amines is 1. The average molecular weight is 265 g/mol. The highest BCUT2D eigenvalue weighted by Crippen LogP contribution is 2.20. The van der Waals surface area contributed by atoms with E-state index in [9.17, 15) is 8.42 Å². The Morgan fingerprint density at radius 3 is 2.72 bits per heavy atom. The van der Waals surface area contributed by atoms with Crippen LogP contribution in [0.1, 0.15) is 11.3 Å². The molecule has 0 saturated heterocycles. The lowest BCUT2D eigenvalue weighted by Gasteiger charge is -2.09. The van der Waals surface area contributed by atoms with E-state index in [1.807, 2.05) is 12.1 Å². The van der Waals surface area contributed by atoms with E-state index in [0.717, 1.165) is 16.9 Å². The molecule has 0 fully saturated rings. The molecule has 2 rings (SSSR count). The van der Waals surface area contributed by atoms with Gasteiger partial charge in [-0.15, -0.1) is 0 Å². The van der Waals surface area contributed by atoms with Crippen molar-refractivity contribution in [2.45, 2.75) is 18.4 Å². The molecule has 0 aliphatic heterocycles. The van der Waals surface area contributed by atoms with E-state index in [4.69, 9.17) is 0 Å². The van der Waals surface area contributed by atoms with E-state index in [1.54, 1.807) is 25.3 Å². The number of sulfone groups is 1. The molecule has 0 saturated carbocycles. The zero-order valence-corrected chi connectivity index (χ0v) is 11.1. The molecule has 5 nitrogen and oxygen atoms in total. The summed E-state index contributed by atoms with van der Waals surface area (Å²) in [5.74, 6) is 0. The van der Waals surface area contributed by atoms with Gasteiger partial charge in [0, 0.05) is 18.1 Å². The second-order valence-corrected chi connectivity index (χ2v) is 6.17. The predicted octanol–water partition coefficient (Wildman–Crippen LogP) is 1.73. The first-order valence-corrected chi connectivity index (χ1v) is 7.39. The molecule has 0 bridgehead atoms. The van der Waals surface area contributed by atoms with Gasteiger partial charge in [-0.1, -0.05) is 6.07 Å². The maximum Gasteiger partial charge on any atom is 0.175 e. The van der Waals surface area contributed by atoms with Crippen molar-refractivity contribution >= 4 is 15.5 Å². The number of rotatable bonds is 4. The molecule has 1 aromatic carbocycles. The molecule has 2 aromatic rings. The maximum absolute atomic E-state index is 11.6. The number of hydrogen-bond acceptors (Lipinski definition) is 4. The van der Waals surface area contributed by atoms with Crippen molar-refractivity contribution in [1.29, 1.82) is 0 Å². The number of hydrogen-bond donors (Lipinski definition) is 2. The highest BCUT2D eigenvalue weighted by atomic mass is 32.2. The first-order chi connectivity index (χ1) is 8.47. The van der Waals surface area contributed by atoms with Gasteiger partial charge in [0.25, 0.3) is 0 Å². The van der Waals surface area contributed by atoms with Gasteiger partial charge in [-0.2, -0.15) is 5.10 Å². The Hall–Kier alpha value is -1.82. The van der Waals surface area contributed by atoms with Gasteiger partial charge in [0.1, 0.15) is 0 Å². The van der Waals surface area contributed by atoms with Crippen LogP contribution in [0.15, 0.2) is 35.4 Å². The van der Waals surface area contributed by atoms with E-state index >= 15 is 0 Å². The average Bonchev–Trinajstić information content (AvgIpc) is 2.79. The summed E-state index contributed by atoms with van der Waals surface area (Å²) in [6, 6.07) is 7.17. The fraction of sp³-hybridized carbons (Fsp3) is 0.250. The Balaban J connectivity index is 2.20. The molecule has 0 radical (unpaired) electrons. The SMILES string of the molecule is Cc1ccc(NCc2ccn[nH]2)cc1S(C)(=O)=O. The Morgan fingerprint density at radius 2 is 2.11 bits per heavy atom. The van der Waals surface area contributed by atoms with Crippen LogP contribution >= 0.6 is 0 Å². The zero-order chi connectivity index (χ0) is 13.2. The molecule has 2 N–H and O–H groups in total. The van der Waals surface area contributed by atoms with Crippen molar-refractivity contribution in [1.82, 2.24) is 10.2 Å². The second-order valence-electron chi connectivity index (χ2n) is 4.19. The minimum atomic E-state index is -3.19. The third-order valence-corrected chi connectivity index (χ3v) is 3.87.